The maximum atomic E-state index is 13.0. The van der Waals surface area contributed by atoms with Crippen LogP contribution in [0, 0.1) is 0 Å². The van der Waals surface area contributed by atoms with Crippen molar-refractivity contribution in [2.45, 2.75) is 25.4 Å². The molecule has 29 heavy (non-hydrogen) atoms. The molecule has 1 saturated heterocycles. The zero-order chi connectivity index (χ0) is 20.4. The molecule has 0 radical (unpaired) electrons. The van der Waals surface area contributed by atoms with Crippen molar-refractivity contribution in [3.8, 4) is 0 Å². The Kier molecular flexibility index (Phi) is 5.64. The van der Waals surface area contributed by atoms with Crippen molar-refractivity contribution in [1.29, 1.82) is 0 Å². The molecular weight excluding hydrogens is 434 g/mol. The van der Waals surface area contributed by atoms with Crippen molar-refractivity contribution in [3.63, 3.8) is 0 Å². The normalized spacial score (nSPS) is 20.7. The van der Waals surface area contributed by atoms with Gasteiger partial charge in [0.2, 0.25) is 5.91 Å². The first-order valence-corrected chi connectivity index (χ1v) is 10.4. The molecule has 2 aromatic carbocycles. The maximum Gasteiger partial charge on any atom is 0.267 e. The monoisotopic (exact) mass is 455 g/mol. The second-order valence-electron chi connectivity index (χ2n) is 6.99. The molecule has 2 aliphatic heterocycles. The summed E-state index contributed by atoms with van der Waals surface area (Å²) in [6.07, 6.45) is 2.21. The van der Waals surface area contributed by atoms with E-state index in [1.165, 1.54) is 5.01 Å². The summed E-state index contributed by atoms with van der Waals surface area (Å²) in [7, 11) is 0. The van der Waals surface area contributed by atoms with Gasteiger partial charge in [0.25, 0.3) is 5.91 Å². The summed E-state index contributed by atoms with van der Waals surface area (Å²) in [6, 6.07) is 17.1. The third-order valence-electron chi connectivity index (χ3n) is 5.20. The Morgan fingerprint density at radius 3 is 2.62 bits per heavy atom. The van der Waals surface area contributed by atoms with Gasteiger partial charge in [0.05, 0.1) is 6.04 Å². The summed E-state index contributed by atoms with van der Waals surface area (Å²) in [5.41, 5.74) is 5.24. The van der Waals surface area contributed by atoms with E-state index in [4.69, 9.17) is 0 Å². The molecule has 8 heteroatoms. The smallest absolute Gasteiger partial charge is 0.267 e. The van der Waals surface area contributed by atoms with Gasteiger partial charge in [-0.15, -0.1) is 0 Å². The molecule has 1 fully saturated rings. The van der Waals surface area contributed by atoms with E-state index in [0.29, 0.717) is 13.0 Å². The molecule has 2 amide bonds. The fraction of sp³-hybridized carbons (Fsp3) is 0.286. The predicted molar refractivity (Wildman–Crippen MR) is 115 cm³/mol. The minimum atomic E-state index is -0.374. The number of amides is 2. The number of halogens is 1. The van der Waals surface area contributed by atoms with Gasteiger partial charge in [-0.3, -0.25) is 14.6 Å². The first-order chi connectivity index (χ1) is 14.1. The molecule has 4 rings (SSSR count). The SMILES string of the molecule is CCN(C(=O)CN1N=CN2NC(c3ccc(Br)cc3)CC2C1=O)c1ccccc1. The minimum absolute atomic E-state index is 0.0237. The first-order valence-electron chi connectivity index (χ1n) is 9.57. The molecule has 0 saturated carbocycles. The number of fused-ring (bicyclic) bond motifs is 1. The molecule has 2 aromatic rings. The summed E-state index contributed by atoms with van der Waals surface area (Å²) in [4.78, 5) is 27.5. The Bertz CT molecular complexity index is 918. The van der Waals surface area contributed by atoms with Crippen LogP contribution in [0.15, 0.2) is 64.2 Å². The Morgan fingerprint density at radius 2 is 1.93 bits per heavy atom. The van der Waals surface area contributed by atoms with E-state index in [2.05, 4.69) is 26.5 Å². The van der Waals surface area contributed by atoms with Crippen molar-refractivity contribution >= 4 is 39.8 Å². The molecule has 0 aromatic heterocycles. The number of carbonyl (C=O) groups excluding carboxylic acids is 2. The van der Waals surface area contributed by atoms with Crippen molar-refractivity contribution in [2.75, 3.05) is 18.0 Å². The van der Waals surface area contributed by atoms with Gasteiger partial charge in [-0.25, -0.2) is 10.4 Å². The third-order valence-corrected chi connectivity index (χ3v) is 5.73. The van der Waals surface area contributed by atoms with E-state index >= 15 is 0 Å². The number of carbonyl (C=O) groups is 2. The number of para-hydroxylation sites is 1. The van der Waals surface area contributed by atoms with Crippen molar-refractivity contribution < 1.29 is 9.59 Å². The largest absolute Gasteiger partial charge is 0.311 e. The van der Waals surface area contributed by atoms with Crippen LogP contribution in [0.1, 0.15) is 24.9 Å². The van der Waals surface area contributed by atoms with Crippen molar-refractivity contribution in [1.82, 2.24) is 15.4 Å². The predicted octanol–water partition coefficient (Wildman–Crippen LogP) is 2.91. The number of nitrogens with zero attached hydrogens (tertiary/aromatic N) is 4. The average molecular weight is 456 g/mol. The van der Waals surface area contributed by atoms with Crippen LogP contribution in [-0.2, 0) is 9.59 Å². The topological polar surface area (TPSA) is 68.2 Å². The number of anilines is 1. The molecule has 0 spiro atoms. The van der Waals surface area contributed by atoms with Crippen molar-refractivity contribution in [2.24, 2.45) is 5.10 Å². The van der Waals surface area contributed by atoms with Gasteiger partial charge in [-0.2, -0.15) is 5.10 Å². The van der Waals surface area contributed by atoms with Crippen LogP contribution >= 0.6 is 15.9 Å². The van der Waals surface area contributed by atoms with Gasteiger partial charge < -0.3 is 4.90 Å². The van der Waals surface area contributed by atoms with Crippen LogP contribution in [0.2, 0.25) is 0 Å². The number of benzene rings is 2. The Morgan fingerprint density at radius 1 is 1.21 bits per heavy atom. The van der Waals surface area contributed by atoms with Crippen LogP contribution in [-0.4, -0.2) is 47.3 Å². The number of hydrazine groups is 1. The molecule has 0 bridgehead atoms. The van der Waals surface area contributed by atoms with Gasteiger partial charge >= 0.3 is 0 Å². The average Bonchev–Trinajstić information content (AvgIpc) is 3.17. The molecular formula is C21H22BrN5O2. The lowest BCUT2D eigenvalue weighted by molar-refractivity contribution is -0.139. The zero-order valence-electron chi connectivity index (χ0n) is 16.0. The summed E-state index contributed by atoms with van der Waals surface area (Å²) in [6.45, 7) is 2.36. The Balaban J connectivity index is 1.44. The van der Waals surface area contributed by atoms with Gasteiger partial charge in [0.15, 0.2) is 0 Å². The van der Waals surface area contributed by atoms with E-state index in [1.54, 1.807) is 16.2 Å². The van der Waals surface area contributed by atoms with Gasteiger partial charge in [0, 0.05) is 16.7 Å². The maximum absolute atomic E-state index is 13.0. The molecule has 2 aliphatic rings. The number of hydrogen-bond acceptors (Lipinski definition) is 5. The van der Waals surface area contributed by atoms with E-state index in [0.717, 1.165) is 15.7 Å². The highest BCUT2D eigenvalue weighted by molar-refractivity contribution is 9.10. The van der Waals surface area contributed by atoms with Crippen LogP contribution in [0.4, 0.5) is 5.69 Å². The second kappa shape index (κ2) is 8.34. The molecule has 2 atom stereocenters. The van der Waals surface area contributed by atoms with E-state index in [9.17, 15) is 9.59 Å². The number of likely N-dealkylation sites (N-methyl/N-ethyl adjacent to an activating group) is 1. The fourth-order valence-corrected chi connectivity index (χ4v) is 3.95. The lowest BCUT2D eigenvalue weighted by atomic mass is 10.0. The third kappa shape index (κ3) is 4.04. The lowest BCUT2D eigenvalue weighted by Gasteiger charge is -2.31. The van der Waals surface area contributed by atoms with Crippen molar-refractivity contribution in [3.05, 3.63) is 64.6 Å². The number of nitrogens with one attached hydrogen (secondary N) is 1. The quantitative estimate of drug-likeness (QED) is 0.752. The summed E-state index contributed by atoms with van der Waals surface area (Å²) < 4.78 is 1.01. The summed E-state index contributed by atoms with van der Waals surface area (Å²) in [5, 5.41) is 7.23. The van der Waals surface area contributed by atoms with E-state index < -0.39 is 0 Å². The van der Waals surface area contributed by atoms with Crippen LogP contribution in [0.5, 0.6) is 0 Å². The molecule has 0 aliphatic carbocycles. The summed E-state index contributed by atoms with van der Waals surface area (Å²) in [5.74, 6) is -0.329. The van der Waals surface area contributed by atoms with Crippen LogP contribution in [0.3, 0.4) is 0 Å². The minimum Gasteiger partial charge on any atom is -0.311 e. The Labute approximate surface area is 178 Å². The number of hydrogen-bond donors (Lipinski definition) is 1. The van der Waals surface area contributed by atoms with Gasteiger partial charge in [0.1, 0.15) is 18.9 Å². The molecule has 2 unspecified atom stereocenters. The highest BCUT2D eigenvalue weighted by Crippen LogP contribution is 2.30. The van der Waals surface area contributed by atoms with Gasteiger partial charge in [-0.1, -0.05) is 46.3 Å². The van der Waals surface area contributed by atoms with Crippen LogP contribution in [0.25, 0.3) is 0 Å². The Hall–Kier alpha value is -2.71. The molecule has 7 nitrogen and oxygen atoms in total. The lowest BCUT2D eigenvalue weighted by Crippen LogP contribution is -2.52. The standard InChI is InChI=1S/C21H22BrN5O2/c1-2-25(17-6-4-3-5-7-17)20(28)13-26-21(29)19-12-18(24-27(19)14-23-26)15-8-10-16(22)11-9-15/h3-11,14,18-19,24H,2,12-13H2,1H3. The van der Waals surface area contributed by atoms with E-state index in [1.807, 2.05) is 61.5 Å². The highest BCUT2D eigenvalue weighted by Gasteiger charge is 2.41. The van der Waals surface area contributed by atoms with Gasteiger partial charge in [-0.05, 0) is 43.2 Å². The second-order valence-corrected chi connectivity index (χ2v) is 7.91. The summed E-state index contributed by atoms with van der Waals surface area (Å²) >= 11 is 3.44. The van der Waals surface area contributed by atoms with E-state index in [-0.39, 0.29) is 30.4 Å². The molecule has 2 heterocycles. The van der Waals surface area contributed by atoms with Crippen LogP contribution < -0.4 is 10.3 Å². The zero-order valence-corrected chi connectivity index (χ0v) is 17.6. The fourth-order valence-electron chi connectivity index (χ4n) is 3.69. The first kappa shape index (κ1) is 19.6. The molecule has 1 N–H and O–H groups in total. The number of rotatable bonds is 5. The highest BCUT2D eigenvalue weighted by atomic mass is 79.9. The molecule has 150 valence electrons. The number of hydrazone groups is 1.